The van der Waals surface area contributed by atoms with Crippen molar-refractivity contribution >= 4 is 5.91 Å². The number of hydrogen-bond acceptors (Lipinski definition) is 7. The smallest absolute Gasteiger partial charge is 0.261 e. The number of carbonyl (C=O) groups is 1. The monoisotopic (exact) mass is 397 g/mol. The molecule has 152 valence electrons. The average Bonchev–Trinajstić information content (AvgIpc) is 3.25. The van der Waals surface area contributed by atoms with E-state index >= 15 is 0 Å². The van der Waals surface area contributed by atoms with Crippen LogP contribution in [-0.2, 0) is 11.3 Å². The number of aromatic nitrogens is 2. The molecule has 0 aliphatic heterocycles. The van der Waals surface area contributed by atoms with E-state index in [-0.39, 0.29) is 12.5 Å². The van der Waals surface area contributed by atoms with Crippen LogP contribution >= 0.6 is 0 Å². The largest absolute Gasteiger partial charge is 0.497 e. The summed E-state index contributed by atoms with van der Waals surface area (Å²) >= 11 is 0. The Balaban J connectivity index is 1.61. The number of para-hydroxylation sites is 2. The second-order valence-corrected chi connectivity index (χ2v) is 6.13. The molecule has 0 aliphatic rings. The van der Waals surface area contributed by atoms with Gasteiger partial charge in [0.25, 0.3) is 5.91 Å². The minimum atomic E-state index is -0.674. The highest BCUT2D eigenvalue weighted by Gasteiger charge is 2.20. The molecule has 1 amide bonds. The lowest BCUT2D eigenvalue weighted by Crippen LogP contribution is -2.37. The fourth-order valence-electron chi connectivity index (χ4n) is 2.67. The topological polar surface area (TPSA) is 95.7 Å². The number of hydrogen-bond donors (Lipinski definition) is 1. The molecule has 0 radical (unpaired) electrons. The standard InChI is InChI=1S/C21H23N3O5/c1-4-16(28-18-11-6-5-10-17(18)27-3)21(25)22-13-19-23-20(24-29-19)14-8-7-9-15(12-14)26-2/h5-12,16H,4,13H2,1-3H3,(H,22,25)/t16-/m1/s1. The highest BCUT2D eigenvalue weighted by Crippen LogP contribution is 2.27. The summed E-state index contributed by atoms with van der Waals surface area (Å²) in [6.45, 7) is 1.97. The molecule has 0 unspecified atom stereocenters. The Morgan fingerprint density at radius 1 is 1.10 bits per heavy atom. The van der Waals surface area contributed by atoms with E-state index in [9.17, 15) is 4.79 Å². The van der Waals surface area contributed by atoms with E-state index in [0.717, 1.165) is 5.56 Å². The normalized spacial score (nSPS) is 11.6. The highest BCUT2D eigenvalue weighted by atomic mass is 16.5. The first-order valence-corrected chi connectivity index (χ1v) is 9.19. The third-order valence-electron chi connectivity index (χ3n) is 4.21. The molecule has 2 aromatic carbocycles. The fourth-order valence-corrected chi connectivity index (χ4v) is 2.67. The van der Waals surface area contributed by atoms with Gasteiger partial charge in [0.05, 0.1) is 20.8 Å². The molecular weight excluding hydrogens is 374 g/mol. The number of nitrogens with one attached hydrogen (secondary N) is 1. The van der Waals surface area contributed by atoms with Gasteiger partial charge in [0.15, 0.2) is 17.6 Å². The molecule has 0 spiro atoms. The van der Waals surface area contributed by atoms with Crippen molar-refractivity contribution in [2.24, 2.45) is 0 Å². The van der Waals surface area contributed by atoms with Crippen LogP contribution in [0.15, 0.2) is 53.1 Å². The third kappa shape index (κ3) is 5.04. The summed E-state index contributed by atoms with van der Waals surface area (Å²) in [6, 6.07) is 14.5. The van der Waals surface area contributed by atoms with Crippen LogP contribution in [0, 0.1) is 0 Å². The highest BCUT2D eigenvalue weighted by molar-refractivity contribution is 5.81. The summed E-state index contributed by atoms with van der Waals surface area (Å²) in [7, 11) is 3.15. The average molecular weight is 397 g/mol. The maximum absolute atomic E-state index is 12.5. The lowest BCUT2D eigenvalue weighted by Gasteiger charge is -2.18. The summed E-state index contributed by atoms with van der Waals surface area (Å²) in [5, 5.41) is 6.72. The summed E-state index contributed by atoms with van der Waals surface area (Å²) < 4.78 is 21.5. The van der Waals surface area contributed by atoms with Crippen LogP contribution in [0.25, 0.3) is 11.4 Å². The van der Waals surface area contributed by atoms with Crippen molar-refractivity contribution in [2.75, 3.05) is 14.2 Å². The quantitative estimate of drug-likeness (QED) is 0.592. The van der Waals surface area contributed by atoms with Gasteiger partial charge in [-0.25, -0.2) is 0 Å². The molecule has 1 N–H and O–H groups in total. The van der Waals surface area contributed by atoms with E-state index in [1.807, 2.05) is 37.3 Å². The lowest BCUT2D eigenvalue weighted by atomic mass is 10.2. The maximum Gasteiger partial charge on any atom is 0.261 e. The number of nitrogens with zero attached hydrogens (tertiary/aromatic N) is 2. The van der Waals surface area contributed by atoms with Gasteiger partial charge in [-0.2, -0.15) is 4.98 Å². The van der Waals surface area contributed by atoms with Crippen LogP contribution in [0.5, 0.6) is 17.2 Å². The van der Waals surface area contributed by atoms with E-state index in [0.29, 0.717) is 35.4 Å². The molecule has 0 saturated heterocycles. The van der Waals surface area contributed by atoms with Crippen LogP contribution < -0.4 is 19.5 Å². The fraction of sp³-hybridized carbons (Fsp3) is 0.286. The van der Waals surface area contributed by atoms with E-state index in [2.05, 4.69) is 15.5 Å². The number of benzene rings is 2. The van der Waals surface area contributed by atoms with E-state index in [1.165, 1.54) is 0 Å². The molecule has 1 heterocycles. The summed E-state index contributed by atoms with van der Waals surface area (Å²) in [5.74, 6) is 2.21. The molecule has 0 bridgehead atoms. The van der Waals surface area contributed by atoms with Crippen LogP contribution in [0.3, 0.4) is 0 Å². The minimum absolute atomic E-state index is 0.0988. The number of carbonyl (C=O) groups excluding carboxylic acids is 1. The van der Waals surface area contributed by atoms with Gasteiger partial charge in [-0.1, -0.05) is 36.3 Å². The first-order chi connectivity index (χ1) is 14.1. The molecule has 0 aliphatic carbocycles. The van der Waals surface area contributed by atoms with Gasteiger partial charge >= 0.3 is 0 Å². The zero-order chi connectivity index (χ0) is 20.6. The lowest BCUT2D eigenvalue weighted by molar-refractivity contribution is -0.128. The Labute approximate surface area is 168 Å². The maximum atomic E-state index is 12.5. The number of rotatable bonds is 9. The Kier molecular flexibility index (Phi) is 6.67. The Morgan fingerprint density at radius 2 is 1.90 bits per heavy atom. The van der Waals surface area contributed by atoms with Gasteiger partial charge in [-0.3, -0.25) is 4.79 Å². The van der Waals surface area contributed by atoms with Crippen LogP contribution in [0.1, 0.15) is 19.2 Å². The molecule has 8 heteroatoms. The molecule has 8 nitrogen and oxygen atoms in total. The van der Waals surface area contributed by atoms with E-state index in [4.69, 9.17) is 18.7 Å². The Bertz CT molecular complexity index is 957. The zero-order valence-electron chi connectivity index (χ0n) is 16.5. The molecular formula is C21H23N3O5. The zero-order valence-corrected chi connectivity index (χ0v) is 16.5. The van der Waals surface area contributed by atoms with Crippen LogP contribution in [0.4, 0.5) is 0 Å². The molecule has 3 aromatic rings. The second kappa shape index (κ2) is 9.59. The van der Waals surface area contributed by atoms with Crippen molar-refractivity contribution in [3.05, 3.63) is 54.4 Å². The van der Waals surface area contributed by atoms with Crippen LogP contribution in [-0.4, -0.2) is 36.4 Å². The predicted molar refractivity (Wildman–Crippen MR) is 106 cm³/mol. The van der Waals surface area contributed by atoms with Gasteiger partial charge in [0.1, 0.15) is 5.75 Å². The summed E-state index contributed by atoms with van der Waals surface area (Å²) in [5.41, 5.74) is 0.761. The molecule has 29 heavy (non-hydrogen) atoms. The van der Waals surface area contributed by atoms with E-state index < -0.39 is 6.10 Å². The molecule has 0 saturated carbocycles. The van der Waals surface area contributed by atoms with E-state index in [1.54, 1.807) is 32.4 Å². The summed E-state index contributed by atoms with van der Waals surface area (Å²) in [6.07, 6.45) is -0.185. The molecule has 1 atom stereocenters. The Morgan fingerprint density at radius 3 is 2.62 bits per heavy atom. The van der Waals surface area contributed by atoms with Crippen molar-refractivity contribution in [1.82, 2.24) is 15.5 Å². The van der Waals surface area contributed by atoms with Crippen LogP contribution in [0.2, 0.25) is 0 Å². The van der Waals surface area contributed by atoms with Gasteiger partial charge in [-0.05, 0) is 30.7 Å². The third-order valence-corrected chi connectivity index (χ3v) is 4.21. The van der Waals surface area contributed by atoms with Crippen molar-refractivity contribution in [3.63, 3.8) is 0 Å². The number of ether oxygens (including phenoxy) is 3. The van der Waals surface area contributed by atoms with Gasteiger partial charge in [0.2, 0.25) is 11.7 Å². The molecule has 3 rings (SSSR count). The summed E-state index contributed by atoms with van der Waals surface area (Å²) in [4.78, 5) is 16.8. The molecule has 1 aromatic heterocycles. The van der Waals surface area contributed by atoms with Gasteiger partial charge in [0, 0.05) is 5.56 Å². The molecule has 0 fully saturated rings. The second-order valence-electron chi connectivity index (χ2n) is 6.13. The van der Waals surface area contributed by atoms with Crippen molar-refractivity contribution < 1.29 is 23.5 Å². The van der Waals surface area contributed by atoms with Crippen molar-refractivity contribution in [1.29, 1.82) is 0 Å². The SMILES string of the molecule is CC[C@@H](Oc1ccccc1OC)C(=O)NCc1nc(-c2cccc(OC)c2)no1. The van der Waals surface area contributed by atoms with Crippen molar-refractivity contribution in [3.8, 4) is 28.6 Å². The number of amides is 1. The van der Waals surface area contributed by atoms with Gasteiger partial charge < -0.3 is 24.1 Å². The Hall–Kier alpha value is -3.55. The first-order valence-electron chi connectivity index (χ1n) is 9.19. The number of methoxy groups -OCH3 is 2. The van der Waals surface area contributed by atoms with Crippen molar-refractivity contribution in [2.45, 2.75) is 26.0 Å². The predicted octanol–water partition coefficient (Wildman–Crippen LogP) is 3.23. The van der Waals surface area contributed by atoms with Gasteiger partial charge in [-0.15, -0.1) is 0 Å². The first kappa shape index (κ1) is 20.2. The minimum Gasteiger partial charge on any atom is -0.497 e.